The van der Waals surface area contributed by atoms with E-state index < -0.39 is 20.4 Å². The van der Waals surface area contributed by atoms with Crippen molar-refractivity contribution in [3.05, 3.63) is 88.5 Å². The smallest absolute Gasteiger partial charge is 0.311 e. The van der Waals surface area contributed by atoms with Crippen molar-refractivity contribution in [3.8, 4) is 11.1 Å². The quantitative estimate of drug-likeness (QED) is 0.458. The molecule has 0 aliphatic heterocycles. The minimum atomic E-state index is -3.73. The van der Waals surface area contributed by atoms with Gasteiger partial charge in [0.2, 0.25) is 0 Å². The van der Waals surface area contributed by atoms with Crippen LogP contribution < -0.4 is 4.90 Å². The largest absolute Gasteiger partial charge is 0.365 e. The van der Waals surface area contributed by atoms with Crippen LogP contribution in [0.4, 0.5) is 11.4 Å². The van der Waals surface area contributed by atoms with Crippen molar-refractivity contribution < 1.29 is 13.3 Å². The van der Waals surface area contributed by atoms with Gasteiger partial charge in [-0.1, -0.05) is 60.7 Å². The highest BCUT2D eigenvalue weighted by Crippen LogP contribution is 2.35. The zero-order chi connectivity index (χ0) is 20.3. The van der Waals surface area contributed by atoms with Crippen LogP contribution in [0.5, 0.6) is 0 Å². The van der Waals surface area contributed by atoms with Crippen LogP contribution in [0.2, 0.25) is 0 Å². The SMILES string of the molecule is CN(Cc1ccccc1-c1ccccc1)c1cccc(S(C)(=O)=O)c1[N+](=O)[O-]. The number of nitrogens with zero attached hydrogens (tertiary/aromatic N) is 2. The third kappa shape index (κ3) is 4.04. The predicted molar refractivity (Wildman–Crippen MR) is 110 cm³/mol. The third-order valence-corrected chi connectivity index (χ3v) is 5.61. The highest BCUT2D eigenvalue weighted by molar-refractivity contribution is 7.90. The summed E-state index contributed by atoms with van der Waals surface area (Å²) in [5.74, 6) is 0. The summed E-state index contributed by atoms with van der Waals surface area (Å²) in [6, 6.07) is 22.0. The zero-order valence-electron chi connectivity index (χ0n) is 15.6. The summed E-state index contributed by atoms with van der Waals surface area (Å²) in [5, 5.41) is 11.6. The van der Waals surface area contributed by atoms with Crippen LogP contribution in [0.3, 0.4) is 0 Å². The number of sulfone groups is 1. The van der Waals surface area contributed by atoms with Gasteiger partial charge in [0.25, 0.3) is 0 Å². The van der Waals surface area contributed by atoms with E-state index >= 15 is 0 Å². The molecule has 0 saturated carbocycles. The first-order valence-corrected chi connectivity index (χ1v) is 10.5. The first-order valence-electron chi connectivity index (χ1n) is 8.61. The Morgan fingerprint density at radius 3 is 2.21 bits per heavy atom. The van der Waals surface area contributed by atoms with E-state index in [1.807, 2.05) is 54.6 Å². The molecule has 0 N–H and O–H groups in total. The standard InChI is InChI=1S/C21H20N2O4S/c1-22(19-13-8-14-20(28(2,26)27)21(19)23(24)25)15-17-11-6-7-12-18(17)16-9-4-3-5-10-16/h3-14H,15H2,1-2H3. The molecule has 144 valence electrons. The lowest BCUT2D eigenvalue weighted by Gasteiger charge is -2.22. The summed E-state index contributed by atoms with van der Waals surface area (Å²) in [6.45, 7) is 0.388. The number of hydrogen-bond donors (Lipinski definition) is 0. The fourth-order valence-electron chi connectivity index (χ4n) is 3.20. The van der Waals surface area contributed by atoms with Gasteiger partial charge in [0.1, 0.15) is 10.6 Å². The van der Waals surface area contributed by atoms with Gasteiger partial charge in [0.05, 0.1) is 4.92 Å². The van der Waals surface area contributed by atoms with Gasteiger partial charge in [-0.05, 0) is 28.8 Å². The summed E-state index contributed by atoms with van der Waals surface area (Å²) in [5.41, 5.74) is 2.92. The average molecular weight is 396 g/mol. The predicted octanol–water partition coefficient (Wildman–Crippen LogP) is 4.30. The number of rotatable bonds is 6. The number of nitro groups is 1. The highest BCUT2D eigenvalue weighted by Gasteiger charge is 2.28. The molecule has 3 rings (SSSR count). The zero-order valence-corrected chi connectivity index (χ0v) is 16.4. The van der Waals surface area contributed by atoms with E-state index in [-0.39, 0.29) is 10.6 Å². The number of benzene rings is 3. The molecule has 0 fully saturated rings. The molecule has 0 unspecified atom stereocenters. The van der Waals surface area contributed by atoms with E-state index in [1.54, 1.807) is 18.0 Å². The van der Waals surface area contributed by atoms with Crippen molar-refractivity contribution in [1.29, 1.82) is 0 Å². The maximum absolute atomic E-state index is 12.0. The topological polar surface area (TPSA) is 80.5 Å². The summed E-state index contributed by atoms with van der Waals surface area (Å²) >= 11 is 0. The van der Waals surface area contributed by atoms with Crippen LogP contribution >= 0.6 is 0 Å². The molecule has 6 nitrogen and oxygen atoms in total. The Hall–Kier alpha value is -3.19. The Morgan fingerprint density at radius 2 is 1.57 bits per heavy atom. The minimum absolute atomic E-state index is 0.260. The monoisotopic (exact) mass is 396 g/mol. The van der Waals surface area contributed by atoms with Gasteiger partial charge in [-0.25, -0.2) is 8.42 Å². The molecule has 0 atom stereocenters. The first kappa shape index (κ1) is 19.6. The van der Waals surface area contributed by atoms with Gasteiger partial charge < -0.3 is 4.90 Å². The van der Waals surface area contributed by atoms with Crippen molar-refractivity contribution in [3.63, 3.8) is 0 Å². The van der Waals surface area contributed by atoms with Crippen LogP contribution in [0.25, 0.3) is 11.1 Å². The highest BCUT2D eigenvalue weighted by atomic mass is 32.2. The Balaban J connectivity index is 2.04. The number of nitro benzene ring substituents is 1. The summed E-state index contributed by atoms with van der Waals surface area (Å²) in [7, 11) is -2.01. The van der Waals surface area contributed by atoms with E-state index in [0.717, 1.165) is 22.9 Å². The van der Waals surface area contributed by atoms with Crippen molar-refractivity contribution in [2.75, 3.05) is 18.2 Å². The molecule has 0 aromatic heterocycles. The molecule has 0 heterocycles. The molecular formula is C21H20N2O4S. The van der Waals surface area contributed by atoms with Gasteiger partial charge >= 0.3 is 5.69 Å². The van der Waals surface area contributed by atoms with Crippen LogP contribution in [-0.4, -0.2) is 26.6 Å². The molecule has 7 heteroatoms. The molecule has 3 aromatic carbocycles. The Bertz CT molecular complexity index is 1110. The molecule has 0 bridgehead atoms. The summed E-state index contributed by atoms with van der Waals surface area (Å²) in [4.78, 5) is 12.4. The van der Waals surface area contributed by atoms with Gasteiger partial charge in [-0.15, -0.1) is 0 Å². The second-order valence-corrected chi connectivity index (χ2v) is 8.52. The van der Waals surface area contributed by atoms with Crippen LogP contribution in [-0.2, 0) is 16.4 Å². The third-order valence-electron chi connectivity index (χ3n) is 4.48. The normalized spacial score (nSPS) is 11.2. The molecule has 0 aliphatic carbocycles. The summed E-state index contributed by atoms with van der Waals surface area (Å²) in [6.07, 6.45) is 0.976. The van der Waals surface area contributed by atoms with Gasteiger partial charge in [0.15, 0.2) is 9.84 Å². The lowest BCUT2D eigenvalue weighted by Crippen LogP contribution is -2.19. The Morgan fingerprint density at radius 1 is 0.929 bits per heavy atom. The number of para-hydroxylation sites is 1. The van der Waals surface area contributed by atoms with Gasteiger partial charge in [-0.2, -0.15) is 0 Å². The van der Waals surface area contributed by atoms with E-state index in [2.05, 4.69) is 0 Å². The first-order chi connectivity index (χ1) is 13.3. The van der Waals surface area contributed by atoms with Crippen molar-refractivity contribution in [2.24, 2.45) is 0 Å². The second kappa shape index (κ2) is 7.82. The maximum Gasteiger partial charge on any atom is 0.311 e. The van der Waals surface area contributed by atoms with E-state index in [4.69, 9.17) is 0 Å². The molecule has 0 aliphatic rings. The minimum Gasteiger partial charge on any atom is -0.365 e. The average Bonchev–Trinajstić information content (AvgIpc) is 2.67. The van der Waals surface area contributed by atoms with Gasteiger partial charge in [0, 0.05) is 19.8 Å². The Kier molecular flexibility index (Phi) is 5.46. The molecule has 0 saturated heterocycles. The lowest BCUT2D eigenvalue weighted by atomic mass is 9.99. The second-order valence-electron chi connectivity index (χ2n) is 6.53. The number of anilines is 1. The molecule has 0 radical (unpaired) electrons. The maximum atomic E-state index is 12.0. The fraction of sp³-hybridized carbons (Fsp3) is 0.143. The van der Waals surface area contributed by atoms with Crippen LogP contribution in [0.15, 0.2) is 77.7 Å². The molecule has 28 heavy (non-hydrogen) atoms. The van der Waals surface area contributed by atoms with E-state index in [1.165, 1.54) is 12.1 Å². The molecule has 0 amide bonds. The summed E-state index contributed by atoms with van der Waals surface area (Å²) < 4.78 is 24.0. The lowest BCUT2D eigenvalue weighted by molar-refractivity contribution is -0.387. The van der Waals surface area contributed by atoms with Gasteiger partial charge in [-0.3, -0.25) is 10.1 Å². The Labute approximate surface area is 164 Å². The van der Waals surface area contributed by atoms with Crippen molar-refractivity contribution >= 4 is 21.2 Å². The van der Waals surface area contributed by atoms with Crippen LogP contribution in [0, 0.1) is 10.1 Å². The van der Waals surface area contributed by atoms with E-state index in [0.29, 0.717) is 6.54 Å². The molecular weight excluding hydrogens is 376 g/mol. The molecule has 0 spiro atoms. The van der Waals surface area contributed by atoms with Crippen molar-refractivity contribution in [1.82, 2.24) is 0 Å². The fourth-order valence-corrected chi connectivity index (χ4v) is 4.06. The van der Waals surface area contributed by atoms with E-state index in [9.17, 15) is 18.5 Å². The van der Waals surface area contributed by atoms with Crippen LogP contribution in [0.1, 0.15) is 5.56 Å². The number of hydrogen-bond acceptors (Lipinski definition) is 5. The molecule has 3 aromatic rings. The van der Waals surface area contributed by atoms with Crippen molar-refractivity contribution in [2.45, 2.75) is 11.4 Å².